The average molecular weight is 279 g/mol. The van der Waals surface area contributed by atoms with E-state index in [1.54, 1.807) is 19.1 Å². The van der Waals surface area contributed by atoms with Gasteiger partial charge in [-0.15, -0.1) is 0 Å². The van der Waals surface area contributed by atoms with Gasteiger partial charge in [-0.1, -0.05) is 19.1 Å². The van der Waals surface area contributed by atoms with Crippen molar-refractivity contribution in [3.05, 3.63) is 24.3 Å². The van der Waals surface area contributed by atoms with Gasteiger partial charge in [-0.25, -0.2) is 8.42 Å². The van der Waals surface area contributed by atoms with Gasteiger partial charge in [-0.3, -0.25) is 0 Å². The molecule has 0 saturated heterocycles. The second-order valence-corrected chi connectivity index (χ2v) is 8.14. The van der Waals surface area contributed by atoms with Crippen molar-refractivity contribution in [3.8, 4) is 0 Å². The Hall–Kier alpha value is -1.03. The van der Waals surface area contributed by atoms with E-state index >= 15 is 0 Å². The van der Waals surface area contributed by atoms with E-state index in [9.17, 15) is 8.42 Å². The minimum atomic E-state index is -3.14. The minimum Gasteiger partial charge on any atom is -0.383 e. The van der Waals surface area contributed by atoms with Crippen LogP contribution in [0.5, 0.6) is 0 Å². The van der Waals surface area contributed by atoms with Crippen LogP contribution in [0.4, 0.5) is 5.69 Å². The molecule has 0 aromatic heterocycles. The Labute approximate surface area is 115 Å². The molecule has 104 valence electrons. The fourth-order valence-electron chi connectivity index (χ4n) is 2.90. The highest BCUT2D eigenvalue weighted by molar-refractivity contribution is 7.91. The first-order valence-electron chi connectivity index (χ1n) is 7.13. The predicted molar refractivity (Wildman–Crippen MR) is 77.0 cm³/mol. The zero-order valence-electron chi connectivity index (χ0n) is 11.4. The third-order valence-electron chi connectivity index (χ3n) is 4.57. The Morgan fingerprint density at radius 1 is 1.26 bits per heavy atom. The molecule has 0 unspecified atom stereocenters. The van der Waals surface area contributed by atoms with Crippen LogP contribution in [0.25, 0.3) is 0 Å². The Morgan fingerprint density at radius 2 is 1.95 bits per heavy atom. The zero-order valence-corrected chi connectivity index (χ0v) is 12.2. The number of sulfone groups is 1. The van der Waals surface area contributed by atoms with Gasteiger partial charge < -0.3 is 5.32 Å². The molecule has 0 aliphatic heterocycles. The average Bonchev–Trinajstić information content (AvgIpc) is 3.29. The molecule has 3 nitrogen and oxygen atoms in total. The minimum absolute atomic E-state index is 0.152. The van der Waals surface area contributed by atoms with E-state index in [2.05, 4.69) is 5.32 Å². The van der Waals surface area contributed by atoms with Crippen LogP contribution >= 0.6 is 0 Å². The molecule has 19 heavy (non-hydrogen) atoms. The van der Waals surface area contributed by atoms with Crippen molar-refractivity contribution in [2.75, 3.05) is 17.6 Å². The van der Waals surface area contributed by atoms with Gasteiger partial charge in [0.25, 0.3) is 0 Å². The molecule has 4 heteroatoms. The summed E-state index contributed by atoms with van der Waals surface area (Å²) in [6, 6.07) is 7.28. The smallest absolute Gasteiger partial charge is 0.180 e. The van der Waals surface area contributed by atoms with Gasteiger partial charge in [0.1, 0.15) is 0 Å². The highest BCUT2D eigenvalue weighted by Gasteiger charge is 2.53. The molecule has 0 bridgehead atoms. The number of hydrogen-bond acceptors (Lipinski definition) is 3. The van der Waals surface area contributed by atoms with E-state index in [1.165, 1.54) is 25.7 Å². The first kappa shape index (κ1) is 13.0. The van der Waals surface area contributed by atoms with E-state index in [1.807, 2.05) is 12.1 Å². The van der Waals surface area contributed by atoms with Crippen molar-refractivity contribution in [3.63, 3.8) is 0 Å². The zero-order chi connectivity index (χ0) is 13.5. The standard InChI is InChI=1S/C15H21NO2S/c1-2-19(17,18)14-6-4-3-5-13(14)16-11-15(9-10-15)12-7-8-12/h3-6,12,16H,2,7-11H2,1H3. The summed E-state index contributed by atoms with van der Waals surface area (Å²) >= 11 is 0. The molecule has 1 N–H and O–H groups in total. The molecule has 0 atom stereocenters. The van der Waals surface area contributed by atoms with Crippen LogP contribution in [0, 0.1) is 11.3 Å². The number of benzene rings is 1. The lowest BCUT2D eigenvalue weighted by atomic mass is 10.0. The van der Waals surface area contributed by atoms with Crippen molar-refractivity contribution in [1.29, 1.82) is 0 Å². The summed E-state index contributed by atoms with van der Waals surface area (Å²) < 4.78 is 24.1. The van der Waals surface area contributed by atoms with Crippen LogP contribution in [0.15, 0.2) is 29.2 Å². The summed E-state index contributed by atoms with van der Waals surface area (Å²) in [6.07, 6.45) is 5.31. The van der Waals surface area contributed by atoms with Crippen LogP contribution < -0.4 is 5.32 Å². The molecule has 2 aliphatic carbocycles. The van der Waals surface area contributed by atoms with Crippen molar-refractivity contribution in [2.24, 2.45) is 11.3 Å². The second-order valence-electron chi connectivity index (χ2n) is 5.89. The summed E-state index contributed by atoms with van der Waals surface area (Å²) in [5, 5.41) is 3.40. The fourth-order valence-corrected chi connectivity index (χ4v) is 3.97. The molecular weight excluding hydrogens is 258 g/mol. The van der Waals surface area contributed by atoms with Crippen molar-refractivity contribution >= 4 is 15.5 Å². The maximum absolute atomic E-state index is 12.1. The van der Waals surface area contributed by atoms with Crippen LogP contribution in [0.3, 0.4) is 0 Å². The Kier molecular flexibility index (Phi) is 3.08. The van der Waals surface area contributed by atoms with Crippen LogP contribution in [-0.4, -0.2) is 20.7 Å². The third-order valence-corrected chi connectivity index (χ3v) is 6.35. The summed E-state index contributed by atoms with van der Waals surface area (Å²) in [6.45, 7) is 2.62. The van der Waals surface area contributed by atoms with Gasteiger partial charge in [0.05, 0.1) is 16.3 Å². The van der Waals surface area contributed by atoms with Gasteiger partial charge in [-0.2, -0.15) is 0 Å². The van der Waals surface area contributed by atoms with E-state index in [0.717, 1.165) is 18.2 Å². The third kappa shape index (κ3) is 2.50. The lowest BCUT2D eigenvalue weighted by Crippen LogP contribution is -2.19. The van der Waals surface area contributed by atoms with Gasteiger partial charge in [0, 0.05) is 6.54 Å². The first-order chi connectivity index (χ1) is 9.07. The van der Waals surface area contributed by atoms with Crippen LogP contribution in [0.1, 0.15) is 32.6 Å². The van der Waals surface area contributed by atoms with Crippen LogP contribution in [-0.2, 0) is 9.84 Å². The van der Waals surface area contributed by atoms with Gasteiger partial charge in [0.15, 0.2) is 9.84 Å². The molecule has 0 amide bonds. The molecule has 0 radical (unpaired) electrons. The normalized spacial score (nSPS) is 21.1. The number of para-hydroxylation sites is 1. The Bertz CT molecular complexity index is 572. The molecular formula is C15H21NO2S. The first-order valence-corrected chi connectivity index (χ1v) is 8.78. The molecule has 2 fully saturated rings. The van der Waals surface area contributed by atoms with Gasteiger partial charge in [-0.05, 0) is 49.1 Å². The van der Waals surface area contributed by atoms with Crippen molar-refractivity contribution < 1.29 is 8.42 Å². The van der Waals surface area contributed by atoms with Crippen molar-refractivity contribution in [1.82, 2.24) is 0 Å². The summed E-state index contributed by atoms with van der Waals surface area (Å²) in [4.78, 5) is 0.448. The Morgan fingerprint density at radius 3 is 2.53 bits per heavy atom. The van der Waals surface area contributed by atoms with Crippen molar-refractivity contribution in [2.45, 2.75) is 37.5 Å². The fraction of sp³-hybridized carbons (Fsp3) is 0.600. The maximum atomic E-state index is 12.1. The predicted octanol–water partition coefficient (Wildman–Crippen LogP) is 3.08. The van der Waals surface area contributed by atoms with E-state index < -0.39 is 9.84 Å². The quantitative estimate of drug-likeness (QED) is 0.870. The molecule has 1 aromatic carbocycles. The van der Waals surface area contributed by atoms with Crippen LogP contribution in [0.2, 0.25) is 0 Å². The molecule has 2 saturated carbocycles. The molecule has 3 rings (SSSR count). The molecule has 0 heterocycles. The van der Waals surface area contributed by atoms with Gasteiger partial charge >= 0.3 is 0 Å². The second kappa shape index (κ2) is 4.51. The Balaban J connectivity index is 1.77. The number of hydrogen-bond donors (Lipinski definition) is 1. The van der Waals surface area contributed by atoms with E-state index in [4.69, 9.17) is 0 Å². The highest BCUT2D eigenvalue weighted by Crippen LogP contribution is 2.61. The van der Waals surface area contributed by atoms with E-state index in [-0.39, 0.29) is 5.75 Å². The summed E-state index contributed by atoms with van der Waals surface area (Å²) in [5.74, 6) is 1.04. The SMILES string of the molecule is CCS(=O)(=O)c1ccccc1NCC1(C2CC2)CC1. The van der Waals surface area contributed by atoms with E-state index in [0.29, 0.717) is 10.3 Å². The molecule has 0 spiro atoms. The topological polar surface area (TPSA) is 46.2 Å². The maximum Gasteiger partial charge on any atom is 0.180 e. The number of nitrogens with one attached hydrogen (secondary N) is 1. The number of anilines is 1. The largest absolute Gasteiger partial charge is 0.383 e. The monoisotopic (exact) mass is 279 g/mol. The molecule has 2 aliphatic rings. The summed E-state index contributed by atoms with van der Waals surface area (Å²) in [7, 11) is -3.14. The lowest BCUT2D eigenvalue weighted by molar-refractivity contribution is 0.466. The molecule has 1 aromatic rings. The highest BCUT2D eigenvalue weighted by atomic mass is 32.2. The lowest BCUT2D eigenvalue weighted by Gasteiger charge is -2.18. The number of rotatable bonds is 6. The summed E-state index contributed by atoms with van der Waals surface area (Å²) in [5.41, 5.74) is 1.25. The van der Waals surface area contributed by atoms with Gasteiger partial charge in [0.2, 0.25) is 0 Å².